The fraction of sp³-hybridized carbons (Fsp3) is 0.429. The van der Waals surface area contributed by atoms with E-state index >= 15 is 0 Å². The van der Waals surface area contributed by atoms with Crippen molar-refractivity contribution in [3.63, 3.8) is 0 Å². The van der Waals surface area contributed by atoms with Crippen LogP contribution in [0.2, 0.25) is 5.02 Å². The van der Waals surface area contributed by atoms with Crippen LogP contribution in [0.1, 0.15) is 34.3 Å². The highest BCUT2D eigenvalue weighted by Gasteiger charge is 2.29. The van der Waals surface area contributed by atoms with Gasteiger partial charge in [0.15, 0.2) is 12.9 Å². The van der Waals surface area contributed by atoms with Crippen LogP contribution < -0.4 is 10.1 Å². The SMILES string of the molecule is CNc1nccc(C=O)c1CN(C)Cc1cnc(OCC(F)(F)F)c(Cl)c1.O=CC1CC1. The van der Waals surface area contributed by atoms with Crippen LogP contribution in [0.25, 0.3) is 0 Å². The Morgan fingerprint density at radius 1 is 1.28 bits per heavy atom. The topological polar surface area (TPSA) is 84.4 Å². The molecule has 1 fully saturated rings. The highest BCUT2D eigenvalue weighted by Crippen LogP contribution is 2.26. The van der Waals surface area contributed by atoms with Crippen LogP contribution in [0, 0.1) is 5.92 Å². The lowest BCUT2D eigenvalue weighted by atomic mass is 10.1. The van der Waals surface area contributed by atoms with E-state index in [0.29, 0.717) is 36.0 Å². The van der Waals surface area contributed by atoms with Crippen LogP contribution in [0.4, 0.5) is 19.0 Å². The van der Waals surface area contributed by atoms with Crippen molar-refractivity contribution in [1.29, 1.82) is 0 Å². The zero-order chi connectivity index (χ0) is 23.7. The highest BCUT2D eigenvalue weighted by atomic mass is 35.5. The second-order valence-corrected chi connectivity index (χ2v) is 7.68. The monoisotopic (exact) mass is 472 g/mol. The van der Waals surface area contributed by atoms with E-state index in [-0.39, 0.29) is 10.9 Å². The van der Waals surface area contributed by atoms with Crippen molar-refractivity contribution in [3.8, 4) is 5.88 Å². The van der Waals surface area contributed by atoms with Gasteiger partial charge in [-0.2, -0.15) is 13.2 Å². The lowest BCUT2D eigenvalue weighted by Gasteiger charge is -2.20. The van der Waals surface area contributed by atoms with Crippen LogP contribution in [0.5, 0.6) is 5.88 Å². The number of aromatic nitrogens is 2. The second-order valence-electron chi connectivity index (χ2n) is 7.28. The third-order valence-corrected chi connectivity index (χ3v) is 4.66. The van der Waals surface area contributed by atoms with E-state index in [0.717, 1.165) is 31.0 Å². The zero-order valence-corrected chi connectivity index (χ0v) is 18.4. The summed E-state index contributed by atoms with van der Waals surface area (Å²) in [5, 5.41) is 2.94. The largest absolute Gasteiger partial charge is 0.467 e. The number of hydrogen-bond donors (Lipinski definition) is 1. The minimum absolute atomic E-state index is 0.00368. The molecule has 174 valence electrons. The fourth-order valence-corrected chi connectivity index (χ4v) is 2.92. The smallest absolute Gasteiger partial charge is 0.422 e. The lowest BCUT2D eigenvalue weighted by Crippen LogP contribution is -2.21. The molecule has 0 atom stereocenters. The number of carbonyl (C=O) groups excluding carboxylic acids is 2. The summed E-state index contributed by atoms with van der Waals surface area (Å²) in [4.78, 5) is 30.8. The molecule has 11 heteroatoms. The molecule has 1 saturated carbocycles. The van der Waals surface area contributed by atoms with Crippen molar-refractivity contribution in [2.24, 2.45) is 5.92 Å². The van der Waals surface area contributed by atoms with Gasteiger partial charge < -0.3 is 14.8 Å². The number of anilines is 1. The Morgan fingerprint density at radius 2 is 2.00 bits per heavy atom. The van der Waals surface area contributed by atoms with Crippen molar-refractivity contribution in [2.75, 3.05) is 26.0 Å². The van der Waals surface area contributed by atoms with Crippen molar-refractivity contribution in [1.82, 2.24) is 14.9 Å². The number of rotatable bonds is 9. The van der Waals surface area contributed by atoms with Gasteiger partial charge in [-0.1, -0.05) is 11.6 Å². The molecule has 0 radical (unpaired) electrons. The summed E-state index contributed by atoms with van der Waals surface area (Å²) in [7, 11) is 3.53. The van der Waals surface area contributed by atoms with Crippen LogP contribution in [-0.4, -0.2) is 54.3 Å². The summed E-state index contributed by atoms with van der Waals surface area (Å²) in [6, 6.07) is 3.13. The first-order valence-corrected chi connectivity index (χ1v) is 10.1. The molecule has 1 N–H and O–H groups in total. The van der Waals surface area contributed by atoms with Gasteiger partial charge >= 0.3 is 6.18 Å². The average molecular weight is 473 g/mol. The van der Waals surface area contributed by atoms with Gasteiger partial charge in [0.05, 0.1) is 0 Å². The summed E-state index contributed by atoms with van der Waals surface area (Å²) in [6.07, 6.45) is 2.55. The average Bonchev–Trinajstić information content (AvgIpc) is 3.58. The van der Waals surface area contributed by atoms with Crippen molar-refractivity contribution >= 4 is 30.0 Å². The molecule has 0 spiro atoms. The molecule has 0 amide bonds. The molecular formula is C21H24ClF3N4O3. The van der Waals surface area contributed by atoms with Crippen LogP contribution in [0.3, 0.4) is 0 Å². The molecule has 2 aromatic heterocycles. The number of halogens is 4. The van der Waals surface area contributed by atoms with Crippen molar-refractivity contribution in [2.45, 2.75) is 32.1 Å². The summed E-state index contributed by atoms with van der Waals surface area (Å²) >= 11 is 5.96. The minimum Gasteiger partial charge on any atom is -0.467 e. The summed E-state index contributed by atoms with van der Waals surface area (Å²) in [5.74, 6) is 0.780. The predicted octanol–water partition coefficient (Wildman–Crippen LogP) is 4.15. The maximum Gasteiger partial charge on any atom is 0.422 e. The van der Waals surface area contributed by atoms with Crippen LogP contribution >= 0.6 is 11.6 Å². The zero-order valence-electron chi connectivity index (χ0n) is 17.7. The Balaban J connectivity index is 0.000000636. The van der Waals surface area contributed by atoms with Crippen molar-refractivity contribution < 1.29 is 27.5 Å². The van der Waals surface area contributed by atoms with Crippen LogP contribution in [-0.2, 0) is 17.9 Å². The number of alkyl halides is 3. The maximum atomic E-state index is 12.2. The molecule has 3 rings (SSSR count). The maximum absolute atomic E-state index is 12.2. The quantitative estimate of drug-likeness (QED) is 0.549. The molecule has 0 saturated heterocycles. The summed E-state index contributed by atoms with van der Waals surface area (Å²) < 4.78 is 41.2. The lowest BCUT2D eigenvalue weighted by molar-refractivity contribution is -0.154. The molecule has 0 aromatic carbocycles. The van der Waals surface area contributed by atoms with Gasteiger partial charge in [0.1, 0.15) is 17.1 Å². The Kier molecular flexibility index (Phi) is 9.40. The Labute approximate surface area is 188 Å². The van der Waals surface area contributed by atoms with Gasteiger partial charge in [-0.05, 0) is 37.6 Å². The van der Waals surface area contributed by atoms with E-state index in [4.69, 9.17) is 11.6 Å². The minimum atomic E-state index is -4.46. The Morgan fingerprint density at radius 3 is 2.50 bits per heavy atom. The molecule has 2 heterocycles. The standard InChI is InChI=1S/C17H18ClF3N4O2.C4H6O/c1-22-15-13(12(9-26)3-4-23-15)8-25(2)7-11-5-14(18)16(24-6-11)27-10-17(19,20)21;5-3-4-1-2-4/h3-6,9H,7-8,10H2,1-2H3,(H,22,23);3-4H,1-2H2. The summed E-state index contributed by atoms with van der Waals surface area (Å²) in [6.45, 7) is -0.633. The van der Waals surface area contributed by atoms with E-state index < -0.39 is 12.8 Å². The first-order valence-electron chi connectivity index (χ1n) is 9.75. The van der Waals surface area contributed by atoms with E-state index in [1.54, 1.807) is 19.3 Å². The first-order chi connectivity index (χ1) is 15.2. The van der Waals surface area contributed by atoms with Gasteiger partial charge in [-0.25, -0.2) is 9.97 Å². The number of pyridine rings is 2. The van der Waals surface area contributed by atoms with E-state index in [1.807, 2.05) is 11.9 Å². The number of nitrogens with zero attached hydrogens (tertiary/aromatic N) is 3. The van der Waals surface area contributed by atoms with Crippen molar-refractivity contribution in [3.05, 3.63) is 46.2 Å². The van der Waals surface area contributed by atoms with Crippen LogP contribution in [0.15, 0.2) is 24.5 Å². The molecule has 1 aliphatic rings. The molecule has 7 nitrogen and oxygen atoms in total. The van der Waals surface area contributed by atoms with Gasteiger partial charge in [-0.15, -0.1) is 0 Å². The molecular weight excluding hydrogens is 449 g/mol. The number of nitrogens with one attached hydrogen (secondary N) is 1. The predicted molar refractivity (Wildman–Crippen MR) is 114 cm³/mol. The number of hydrogen-bond acceptors (Lipinski definition) is 7. The molecule has 2 aromatic rings. The number of carbonyl (C=O) groups is 2. The van der Waals surface area contributed by atoms with Gasteiger partial charge in [0, 0.05) is 49.6 Å². The van der Waals surface area contributed by atoms with Gasteiger partial charge in [0.2, 0.25) is 5.88 Å². The molecule has 32 heavy (non-hydrogen) atoms. The first kappa shape index (κ1) is 25.5. The normalized spacial score (nSPS) is 13.2. The Hall–Kier alpha value is -2.72. The van der Waals surface area contributed by atoms with Gasteiger partial charge in [-0.3, -0.25) is 9.69 Å². The molecule has 0 aliphatic heterocycles. The third-order valence-electron chi connectivity index (χ3n) is 4.39. The number of ether oxygens (including phenoxy) is 1. The Bertz CT molecular complexity index is 924. The third kappa shape index (κ3) is 8.43. The molecule has 0 bridgehead atoms. The number of aldehydes is 2. The van der Waals surface area contributed by atoms with E-state index in [2.05, 4.69) is 20.0 Å². The molecule has 0 unspecified atom stereocenters. The molecule has 1 aliphatic carbocycles. The summed E-state index contributed by atoms with van der Waals surface area (Å²) in [5.41, 5.74) is 1.94. The van der Waals surface area contributed by atoms with Gasteiger partial charge in [0.25, 0.3) is 0 Å². The van der Waals surface area contributed by atoms with E-state index in [9.17, 15) is 22.8 Å². The second kappa shape index (κ2) is 11.8. The highest BCUT2D eigenvalue weighted by molar-refractivity contribution is 6.31. The fourth-order valence-electron chi connectivity index (χ4n) is 2.68. The van der Waals surface area contributed by atoms with E-state index in [1.165, 1.54) is 12.3 Å².